The van der Waals surface area contributed by atoms with Gasteiger partial charge >= 0.3 is 0 Å². The molecule has 3 N–H and O–H groups in total. The van der Waals surface area contributed by atoms with Crippen molar-refractivity contribution in [1.29, 1.82) is 0 Å². The van der Waals surface area contributed by atoms with Gasteiger partial charge in [-0.25, -0.2) is 0 Å². The third kappa shape index (κ3) is 6.05. The van der Waals surface area contributed by atoms with Crippen LogP contribution in [0.4, 0.5) is 0 Å². The summed E-state index contributed by atoms with van der Waals surface area (Å²) >= 11 is 0. The summed E-state index contributed by atoms with van der Waals surface area (Å²) in [6, 6.07) is 12.5. The highest BCUT2D eigenvalue weighted by atomic mass is 16.5. The lowest BCUT2D eigenvalue weighted by atomic mass is 10.0. The molecular weight excluding hydrogens is 538 g/mol. The van der Waals surface area contributed by atoms with Crippen molar-refractivity contribution in [1.82, 2.24) is 25.7 Å². The first kappa shape index (κ1) is 27.6. The Labute approximate surface area is 243 Å². The van der Waals surface area contributed by atoms with Crippen LogP contribution in [0.2, 0.25) is 0 Å². The molecule has 3 amide bonds. The van der Waals surface area contributed by atoms with E-state index in [1.165, 1.54) is 7.11 Å². The summed E-state index contributed by atoms with van der Waals surface area (Å²) in [5.41, 5.74) is 4.39. The van der Waals surface area contributed by atoms with Crippen LogP contribution in [0, 0.1) is 0 Å². The van der Waals surface area contributed by atoms with Crippen LogP contribution in [0.25, 0.3) is 0 Å². The van der Waals surface area contributed by atoms with Gasteiger partial charge in [0.05, 0.1) is 13.2 Å². The fraction of sp³-hybridized carbons (Fsp3) is 0.419. The molecule has 0 unspecified atom stereocenters. The number of ether oxygens (including phenoxy) is 3. The van der Waals surface area contributed by atoms with Crippen LogP contribution >= 0.6 is 0 Å². The average Bonchev–Trinajstić information content (AvgIpc) is 3.63. The largest absolute Gasteiger partial charge is 0.493 e. The van der Waals surface area contributed by atoms with Crippen molar-refractivity contribution in [3.05, 3.63) is 70.5 Å². The topological polar surface area (TPSA) is 135 Å². The van der Waals surface area contributed by atoms with Gasteiger partial charge in [-0.05, 0) is 61.1 Å². The lowest BCUT2D eigenvalue weighted by Crippen LogP contribution is -2.58. The van der Waals surface area contributed by atoms with Gasteiger partial charge in [-0.15, -0.1) is 0 Å². The molecule has 2 atom stereocenters. The third-order valence-corrected chi connectivity index (χ3v) is 8.12. The number of piperidine rings is 1. The molecule has 0 saturated carbocycles. The average molecular weight is 574 g/mol. The lowest BCUT2D eigenvalue weighted by molar-refractivity contribution is -0.125. The molecule has 5 aliphatic heterocycles. The van der Waals surface area contributed by atoms with Crippen LogP contribution in [-0.2, 0) is 35.4 Å². The van der Waals surface area contributed by atoms with Gasteiger partial charge in [-0.3, -0.25) is 19.5 Å². The second-order valence-corrected chi connectivity index (χ2v) is 10.9. The lowest BCUT2D eigenvalue weighted by Gasteiger charge is -2.38. The number of benzene rings is 2. The molecule has 6 aliphatic rings. The van der Waals surface area contributed by atoms with Gasteiger partial charge in [-0.1, -0.05) is 18.2 Å². The number of nitrogens with one attached hydrogen (secondary N) is 3. The van der Waals surface area contributed by atoms with E-state index < -0.39 is 6.04 Å². The molecule has 0 spiro atoms. The number of carbonyl (C=O) groups excluding carboxylic acids is 3. The number of aromatic amines is 1. The molecule has 220 valence electrons. The zero-order chi connectivity index (χ0) is 29.1. The highest BCUT2D eigenvalue weighted by molar-refractivity contribution is 5.94. The number of aromatic nitrogens is 2. The Morgan fingerprint density at radius 2 is 1.86 bits per heavy atom. The van der Waals surface area contributed by atoms with Crippen LogP contribution in [0.1, 0.15) is 52.1 Å². The summed E-state index contributed by atoms with van der Waals surface area (Å²) in [5.74, 6) is 1.03. The zero-order valence-electron chi connectivity index (χ0n) is 23.6. The van der Waals surface area contributed by atoms with E-state index in [1.54, 1.807) is 11.0 Å². The highest BCUT2D eigenvalue weighted by Gasteiger charge is 2.36. The second-order valence-electron chi connectivity index (χ2n) is 10.9. The van der Waals surface area contributed by atoms with Crippen LogP contribution in [0.3, 0.4) is 0 Å². The first-order valence-corrected chi connectivity index (χ1v) is 14.4. The normalized spacial score (nSPS) is 20.9. The van der Waals surface area contributed by atoms with E-state index in [0.29, 0.717) is 55.3 Å². The van der Waals surface area contributed by atoms with E-state index >= 15 is 0 Å². The van der Waals surface area contributed by atoms with Crippen molar-refractivity contribution in [2.45, 2.75) is 57.2 Å². The highest BCUT2D eigenvalue weighted by Crippen LogP contribution is 2.29. The number of aryl methyl sites for hydroxylation is 2. The summed E-state index contributed by atoms with van der Waals surface area (Å²) in [6.07, 6.45) is 3.78. The Hall–Kier alpha value is -4.54. The minimum absolute atomic E-state index is 0.0513. The smallest absolute Gasteiger partial charge is 0.274 e. The first-order chi connectivity index (χ1) is 20.5. The summed E-state index contributed by atoms with van der Waals surface area (Å²) in [5, 5.41) is 13.3. The van der Waals surface area contributed by atoms with Crippen molar-refractivity contribution in [2.24, 2.45) is 0 Å². The maximum absolute atomic E-state index is 13.5. The Morgan fingerprint density at radius 1 is 1.02 bits per heavy atom. The molecule has 42 heavy (non-hydrogen) atoms. The SMILES string of the molecule is COc1cc2ccc1OCC(=O)N[C@@H]1CN(C(=O)c3n[nH]c4c3CCC4)CC[C@H]1Oc1ccc(cc1)CNC(=O)CC2. The molecule has 11 heteroatoms. The van der Waals surface area contributed by atoms with E-state index in [-0.39, 0.29) is 37.0 Å². The monoisotopic (exact) mass is 573 g/mol. The maximum atomic E-state index is 13.5. The number of likely N-dealkylation sites (tertiary alicyclic amines) is 1. The fourth-order valence-electron chi connectivity index (χ4n) is 5.83. The Bertz CT molecular complexity index is 1470. The molecule has 6 heterocycles. The predicted octanol–water partition coefficient (Wildman–Crippen LogP) is 2.33. The summed E-state index contributed by atoms with van der Waals surface area (Å²) < 4.78 is 17.7. The van der Waals surface area contributed by atoms with Gasteiger partial charge in [0.15, 0.2) is 23.8 Å². The molecule has 1 saturated heterocycles. The molecule has 2 aromatic carbocycles. The van der Waals surface area contributed by atoms with Gasteiger partial charge in [0.25, 0.3) is 11.8 Å². The number of fused-ring (bicyclic) bond motifs is 1. The molecule has 4 bridgehead atoms. The van der Waals surface area contributed by atoms with Crippen LogP contribution in [0.5, 0.6) is 17.2 Å². The van der Waals surface area contributed by atoms with Crippen molar-refractivity contribution in [3.8, 4) is 17.2 Å². The summed E-state index contributed by atoms with van der Waals surface area (Å²) in [6.45, 7) is 0.919. The number of nitrogens with zero attached hydrogens (tertiary/aromatic N) is 2. The molecule has 1 fully saturated rings. The van der Waals surface area contributed by atoms with Crippen molar-refractivity contribution in [2.75, 3.05) is 26.8 Å². The molecule has 3 aromatic rings. The number of rotatable bonds is 2. The molecule has 9 rings (SSSR count). The van der Waals surface area contributed by atoms with E-state index in [0.717, 1.165) is 41.6 Å². The van der Waals surface area contributed by atoms with Crippen LogP contribution in [0.15, 0.2) is 42.5 Å². The summed E-state index contributed by atoms with van der Waals surface area (Å²) in [7, 11) is 1.53. The van der Waals surface area contributed by atoms with Gasteiger partial charge in [0.1, 0.15) is 11.9 Å². The van der Waals surface area contributed by atoms with E-state index in [2.05, 4.69) is 20.8 Å². The second kappa shape index (κ2) is 12.1. The molecule has 1 aliphatic carbocycles. The minimum atomic E-state index is -0.473. The van der Waals surface area contributed by atoms with E-state index in [9.17, 15) is 14.4 Å². The van der Waals surface area contributed by atoms with Crippen LogP contribution < -0.4 is 24.8 Å². The van der Waals surface area contributed by atoms with Crippen molar-refractivity contribution < 1.29 is 28.6 Å². The molecule has 0 radical (unpaired) electrons. The molecule has 1 aromatic heterocycles. The number of carbonyl (C=O) groups is 3. The van der Waals surface area contributed by atoms with Crippen LogP contribution in [-0.4, -0.2) is 71.8 Å². The standard InChI is InChI=1S/C31H35N5O6/c1-40-27-15-19-7-11-26(27)41-18-29(38)33-24-17-36(31(39)30-22-3-2-4-23(22)34-35-30)14-13-25(24)42-21-9-5-20(6-10-21)16-32-28(37)12-8-19/h5-7,9-11,15,24-25H,2-4,8,12-14,16-18H2,1H3,(H,32,37)(H,33,38)(H,34,35)/t24-,25-/m1/s1. The number of hydrogen-bond donors (Lipinski definition) is 3. The molecule has 11 nitrogen and oxygen atoms in total. The number of methoxy groups -OCH3 is 1. The summed E-state index contributed by atoms with van der Waals surface area (Å²) in [4.78, 5) is 40.8. The quantitative estimate of drug-likeness (QED) is 0.428. The third-order valence-electron chi connectivity index (χ3n) is 8.12. The number of amides is 3. The van der Waals surface area contributed by atoms with Gasteiger partial charge in [0, 0.05) is 43.7 Å². The Balaban J connectivity index is 1.23. The zero-order valence-corrected chi connectivity index (χ0v) is 23.6. The number of H-pyrrole nitrogens is 1. The van der Waals surface area contributed by atoms with Gasteiger partial charge in [-0.2, -0.15) is 5.10 Å². The van der Waals surface area contributed by atoms with Crippen molar-refractivity contribution in [3.63, 3.8) is 0 Å². The Kier molecular flexibility index (Phi) is 7.98. The first-order valence-electron chi connectivity index (χ1n) is 14.4. The minimum Gasteiger partial charge on any atom is -0.493 e. The molecular formula is C31H35N5O6. The number of hydrogen-bond acceptors (Lipinski definition) is 7. The van der Waals surface area contributed by atoms with Crippen molar-refractivity contribution >= 4 is 17.7 Å². The predicted molar refractivity (Wildman–Crippen MR) is 153 cm³/mol. The fourth-order valence-corrected chi connectivity index (χ4v) is 5.83. The van der Waals surface area contributed by atoms with E-state index in [4.69, 9.17) is 14.2 Å². The van der Waals surface area contributed by atoms with Gasteiger partial charge in [0.2, 0.25) is 5.91 Å². The van der Waals surface area contributed by atoms with Gasteiger partial charge < -0.3 is 29.7 Å². The maximum Gasteiger partial charge on any atom is 0.274 e. The van der Waals surface area contributed by atoms with E-state index in [1.807, 2.05) is 36.4 Å². The Morgan fingerprint density at radius 3 is 2.69 bits per heavy atom.